The van der Waals surface area contributed by atoms with Crippen molar-refractivity contribution in [3.8, 4) is 0 Å². The van der Waals surface area contributed by atoms with Crippen LogP contribution in [0, 0.1) is 13.8 Å². The monoisotopic (exact) mass is 395 g/mol. The van der Waals surface area contributed by atoms with Crippen molar-refractivity contribution >= 4 is 17.5 Å². The molecular weight excluding hydrogens is 374 g/mol. The molecule has 0 amide bonds. The quantitative estimate of drug-likeness (QED) is 0.458. The number of Topliss-reactive ketones (excluding diaryl/α,β-unsaturated/α-hetero) is 2. The lowest BCUT2D eigenvalue weighted by molar-refractivity contribution is -0.146. The summed E-state index contributed by atoms with van der Waals surface area (Å²) >= 11 is 0. The van der Waals surface area contributed by atoms with E-state index in [2.05, 4.69) is 20.5 Å². The zero-order valence-corrected chi connectivity index (χ0v) is 16.4. The van der Waals surface area contributed by atoms with Gasteiger partial charge in [-0.1, -0.05) is 30.3 Å². The van der Waals surface area contributed by atoms with Crippen LogP contribution in [-0.2, 0) is 16.0 Å². The number of nitrogens with zero attached hydrogens (tertiary/aromatic N) is 4. The van der Waals surface area contributed by atoms with Gasteiger partial charge in [-0.25, -0.2) is 9.48 Å². The first-order valence-corrected chi connectivity index (χ1v) is 9.04. The predicted molar refractivity (Wildman–Crippen MR) is 103 cm³/mol. The molecule has 0 saturated heterocycles. The molecule has 2 heterocycles. The molecular formula is C20H21N5O4. The van der Waals surface area contributed by atoms with Crippen LogP contribution in [0.4, 0.5) is 0 Å². The maximum atomic E-state index is 12.7. The smallest absolute Gasteiger partial charge is 0.331 e. The minimum absolute atomic E-state index is 0.131. The summed E-state index contributed by atoms with van der Waals surface area (Å²) in [6, 6.07) is 8.56. The molecule has 0 unspecified atom stereocenters. The number of nitrogens with one attached hydrogen (secondary N) is 1. The molecule has 9 heteroatoms. The van der Waals surface area contributed by atoms with Gasteiger partial charge in [0.2, 0.25) is 5.78 Å². The molecule has 150 valence electrons. The highest BCUT2D eigenvalue weighted by Gasteiger charge is 2.26. The second-order valence-electron chi connectivity index (χ2n) is 6.71. The molecule has 0 aliphatic rings. The van der Waals surface area contributed by atoms with Crippen LogP contribution in [0.5, 0.6) is 0 Å². The maximum absolute atomic E-state index is 12.7. The van der Waals surface area contributed by atoms with Gasteiger partial charge in [0.05, 0.1) is 5.69 Å². The normalized spacial score (nSPS) is 11.8. The maximum Gasteiger partial charge on any atom is 0.331 e. The minimum Gasteiger partial charge on any atom is -0.456 e. The van der Waals surface area contributed by atoms with E-state index in [0.29, 0.717) is 23.2 Å². The highest BCUT2D eigenvalue weighted by Crippen LogP contribution is 2.20. The number of aryl methyl sites for hydroxylation is 1. The number of esters is 1. The second-order valence-corrected chi connectivity index (χ2v) is 6.71. The number of carbonyl (C=O) groups is 3. The van der Waals surface area contributed by atoms with E-state index in [9.17, 15) is 14.4 Å². The summed E-state index contributed by atoms with van der Waals surface area (Å²) in [5, 5.41) is 10.9. The molecule has 1 atom stereocenters. The molecule has 1 aromatic carbocycles. The van der Waals surface area contributed by atoms with E-state index in [0.717, 1.165) is 5.56 Å². The standard InChI is InChI=1S/C20H21N5O4/c1-12-18(14(3)26)13(2)22-19(12)17(27)10-29-20(28)16(25-11-21-23-24-25)9-15-7-5-4-6-8-15/h4-8,11,16,22H,9-10H2,1-3H3/t16-/m0/s1. The number of aromatic amines is 1. The number of tetrazole rings is 1. The van der Waals surface area contributed by atoms with E-state index in [4.69, 9.17) is 4.74 Å². The zero-order valence-electron chi connectivity index (χ0n) is 16.4. The van der Waals surface area contributed by atoms with E-state index < -0.39 is 24.4 Å². The number of H-pyrrole nitrogens is 1. The Hall–Kier alpha value is -3.62. The average Bonchev–Trinajstić information content (AvgIpc) is 3.32. The van der Waals surface area contributed by atoms with Gasteiger partial charge in [0.25, 0.3) is 0 Å². The molecule has 3 aromatic rings. The number of ether oxygens (including phenoxy) is 1. The van der Waals surface area contributed by atoms with Crippen molar-refractivity contribution in [2.45, 2.75) is 33.2 Å². The SMILES string of the molecule is CC(=O)c1c(C)[nH]c(C(=O)COC(=O)[C@H](Cc2ccccc2)n2cnnn2)c1C. The number of carbonyl (C=O) groups excluding carboxylic acids is 3. The molecule has 0 aliphatic heterocycles. The van der Waals surface area contributed by atoms with Gasteiger partial charge in [-0.2, -0.15) is 0 Å². The molecule has 2 aromatic heterocycles. The average molecular weight is 395 g/mol. The third kappa shape index (κ3) is 4.45. The Kier molecular flexibility index (Phi) is 5.96. The van der Waals surface area contributed by atoms with Crippen molar-refractivity contribution in [3.63, 3.8) is 0 Å². The fourth-order valence-electron chi connectivity index (χ4n) is 3.30. The number of ketones is 2. The molecule has 0 saturated carbocycles. The first kappa shape index (κ1) is 20.1. The molecule has 0 radical (unpaired) electrons. The lowest BCUT2D eigenvalue weighted by Gasteiger charge is -2.15. The first-order valence-electron chi connectivity index (χ1n) is 9.04. The van der Waals surface area contributed by atoms with E-state index in [1.165, 1.54) is 17.9 Å². The van der Waals surface area contributed by atoms with E-state index in [-0.39, 0.29) is 11.5 Å². The van der Waals surface area contributed by atoms with Crippen molar-refractivity contribution in [1.82, 2.24) is 25.2 Å². The molecule has 0 aliphatic carbocycles. The number of benzene rings is 1. The molecule has 9 nitrogen and oxygen atoms in total. The Morgan fingerprint density at radius 1 is 1.17 bits per heavy atom. The summed E-state index contributed by atoms with van der Waals surface area (Å²) in [6.45, 7) is 4.40. The van der Waals surface area contributed by atoms with Gasteiger partial charge in [-0.15, -0.1) is 5.10 Å². The largest absolute Gasteiger partial charge is 0.456 e. The van der Waals surface area contributed by atoms with Crippen LogP contribution in [0.25, 0.3) is 0 Å². The van der Waals surface area contributed by atoms with Gasteiger partial charge in [0.1, 0.15) is 6.33 Å². The van der Waals surface area contributed by atoms with Crippen LogP contribution in [0.15, 0.2) is 36.7 Å². The van der Waals surface area contributed by atoms with Crippen molar-refractivity contribution in [2.75, 3.05) is 6.61 Å². The Balaban J connectivity index is 1.73. The van der Waals surface area contributed by atoms with Crippen LogP contribution in [0.2, 0.25) is 0 Å². The lowest BCUT2D eigenvalue weighted by atomic mass is 10.1. The molecule has 3 rings (SSSR count). The van der Waals surface area contributed by atoms with Gasteiger partial charge >= 0.3 is 5.97 Å². The topological polar surface area (TPSA) is 120 Å². The van der Waals surface area contributed by atoms with Crippen molar-refractivity contribution < 1.29 is 19.1 Å². The van der Waals surface area contributed by atoms with Gasteiger partial charge in [0.15, 0.2) is 18.4 Å². The second kappa shape index (κ2) is 8.59. The van der Waals surface area contributed by atoms with Crippen molar-refractivity contribution in [1.29, 1.82) is 0 Å². The summed E-state index contributed by atoms with van der Waals surface area (Å²) in [4.78, 5) is 39.9. The first-order chi connectivity index (χ1) is 13.9. The molecule has 0 bridgehead atoms. The number of rotatable bonds is 8. The van der Waals surface area contributed by atoms with Crippen LogP contribution >= 0.6 is 0 Å². The Morgan fingerprint density at radius 3 is 2.48 bits per heavy atom. The third-order valence-electron chi connectivity index (χ3n) is 4.64. The molecule has 0 spiro atoms. The Morgan fingerprint density at radius 2 is 1.90 bits per heavy atom. The van der Waals surface area contributed by atoms with Crippen molar-refractivity contribution in [2.24, 2.45) is 0 Å². The highest BCUT2D eigenvalue weighted by atomic mass is 16.5. The van der Waals surface area contributed by atoms with Gasteiger partial charge in [-0.3, -0.25) is 9.59 Å². The zero-order chi connectivity index (χ0) is 21.0. The fraction of sp³-hybridized carbons (Fsp3) is 0.300. The summed E-state index contributed by atoms with van der Waals surface area (Å²) in [6.07, 6.45) is 1.64. The van der Waals surface area contributed by atoms with Gasteiger partial charge in [-0.05, 0) is 42.3 Å². The van der Waals surface area contributed by atoms with E-state index in [1.54, 1.807) is 13.8 Å². The third-order valence-corrected chi connectivity index (χ3v) is 4.64. The molecule has 0 fully saturated rings. The van der Waals surface area contributed by atoms with Crippen LogP contribution < -0.4 is 0 Å². The molecule has 29 heavy (non-hydrogen) atoms. The van der Waals surface area contributed by atoms with Gasteiger partial charge < -0.3 is 9.72 Å². The van der Waals surface area contributed by atoms with Crippen molar-refractivity contribution in [3.05, 3.63) is 64.7 Å². The van der Waals surface area contributed by atoms with Crippen LogP contribution in [0.3, 0.4) is 0 Å². The van der Waals surface area contributed by atoms with E-state index >= 15 is 0 Å². The summed E-state index contributed by atoms with van der Waals surface area (Å²) in [5.41, 5.74) is 2.81. The number of hydrogen-bond acceptors (Lipinski definition) is 7. The minimum atomic E-state index is -0.806. The summed E-state index contributed by atoms with van der Waals surface area (Å²) < 4.78 is 6.57. The summed E-state index contributed by atoms with van der Waals surface area (Å²) in [5.74, 6) is -1.17. The molecule has 1 N–H and O–H groups in total. The van der Waals surface area contributed by atoms with Crippen LogP contribution in [-0.4, -0.2) is 49.3 Å². The number of hydrogen-bond donors (Lipinski definition) is 1. The number of aromatic nitrogens is 5. The lowest BCUT2D eigenvalue weighted by Crippen LogP contribution is -2.27. The Bertz CT molecular complexity index is 1020. The highest BCUT2D eigenvalue weighted by molar-refractivity contribution is 6.04. The van der Waals surface area contributed by atoms with Gasteiger partial charge in [0, 0.05) is 17.7 Å². The van der Waals surface area contributed by atoms with E-state index in [1.807, 2.05) is 30.3 Å². The summed E-state index contributed by atoms with van der Waals surface area (Å²) in [7, 11) is 0. The predicted octanol–water partition coefficient (Wildman–Crippen LogP) is 2.03. The van der Waals surface area contributed by atoms with Crippen LogP contribution in [0.1, 0.15) is 50.6 Å². The Labute approximate surface area is 167 Å². The fourth-order valence-corrected chi connectivity index (χ4v) is 3.30.